The molecule has 0 aliphatic rings. The topological polar surface area (TPSA) is 12.0 Å². The summed E-state index contributed by atoms with van der Waals surface area (Å²) in [4.78, 5) is 0. The molecule has 4 heteroatoms. The smallest absolute Gasteiger partial charge is 0.286 e. The quantitative estimate of drug-likeness (QED) is 0.837. The van der Waals surface area contributed by atoms with Crippen LogP contribution in [-0.2, 0) is 5.92 Å². The minimum atomic E-state index is -2.92. The maximum absolute atomic E-state index is 13.7. The average Bonchev–Trinajstić information content (AvgIpc) is 2.17. The molecular formula is C12H16ClF2N. The molecule has 0 atom stereocenters. The SMILES string of the molecule is CC(C)CNCC(F)(F)c1ccccc1Cl. The molecular weight excluding hydrogens is 232 g/mol. The van der Waals surface area contributed by atoms with E-state index in [-0.39, 0.29) is 17.1 Å². The van der Waals surface area contributed by atoms with Crippen LogP contribution in [-0.4, -0.2) is 13.1 Å². The summed E-state index contributed by atoms with van der Waals surface area (Å²) in [7, 11) is 0. The van der Waals surface area contributed by atoms with Crippen molar-refractivity contribution in [2.45, 2.75) is 19.8 Å². The van der Waals surface area contributed by atoms with Crippen LogP contribution < -0.4 is 5.32 Å². The molecule has 0 spiro atoms. The maximum Gasteiger partial charge on any atom is 0.286 e. The van der Waals surface area contributed by atoms with E-state index in [4.69, 9.17) is 11.6 Å². The molecule has 0 aliphatic carbocycles. The van der Waals surface area contributed by atoms with Crippen LogP contribution in [0.15, 0.2) is 24.3 Å². The highest BCUT2D eigenvalue weighted by Gasteiger charge is 2.32. The lowest BCUT2D eigenvalue weighted by Gasteiger charge is -2.19. The summed E-state index contributed by atoms with van der Waals surface area (Å²) in [5.41, 5.74) is -0.118. The Morgan fingerprint density at radius 1 is 1.31 bits per heavy atom. The van der Waals surface area contributed by atoms with Crippen molar-refractivity contribution in [1.82, 2.24) is 5.32 Å². The number of benzene rings is 1. The van der Waals surface area contributed by atoms with Gasteiger partial charge in [0.15, 0.2) is 0 Å². The lowest BCUT2D eigenvalue weighted by molar-refractivity contribution is -0.00341. The monoisotopic (exact) mass is 247 g/mol. The molecule has 0 saturated heterocycles. The molecule has 0 saturated carbocycles. The first-order valence-electron chi connectivity index (χ1n) is 5.27. The molecule has 0 radical (unpaired) electrons. The molecule has 90 valence electrons. The van der Waals surface area contributed by atoms with Gasteiger partial charge in [0, 0.05) is 10.6 Å². The fourth-order valence-corrected chi connectivity index (χ4v) is 1.64. The second-order valence-electron chi connectivity index (χ2n) is 4.21. The first-order chi connectivity index (χ1) is 7.43. The summed E-state index contributed by atoms with van der Waals surface area (Å²) >= 11 is 5.74. The molecule has 0 heterocycles. The molecule has 0 aliphatic heterocycles. The van der Waals surface area contributed by atoms with E-state index in [1.165, 1.54) is 12.1 Å². The van der Waals surface area contributed by atoms with Crippen molar-refractivity contribution in [3.63, 3.8) is 0 Å². The van der Waals surface area contributed by atoms with E-state index in [1.54, 1.807) is 12.1 Å². The van der Waals surface area contributed by atoms with Crippen LogP contribution >= 0.6 is 11.6 Å². The van der Waals surface area contributed by atoms with Gasteiger partial charge in [0.1, 0.15) is 0 Å². The molecule has 1 nitrogen and oxygen atoms in total. The predicted molar refractivity (Wildman–Crippen MR) is 63.1 cm³/mol. The van der Waals surface area contributed by atoms with Crippen molar-refractivity contribution in [3.05, 3.63) is 34.9 Å². The Hall–Kier alpha value is -0.670. The largest absolute Gasteiger partial charge is 0.311 e. The third-order valence-electron chi connectivity index (χ3n) is 2.17. The lowest BCUT2D eigenvalue weighted by Crippen LogP contribution is -2.33. The first kappa shape index (κ1) is 13.4. The summed E-state index contributed by atoms with van der Waals surface area (Å²) in [6.45, 7) is 4.14. The molecule has 0 amide bonds. The van der Waals surface area contributed by atoms with Gasteiger partial charge in [-0.05, 0) is 18.5 Å². The number of hydrogen-bond acceptors (Lipinski definition) is 1. The number of hydrogen-bond donors (Lipinski definition) is 1. The molecule has 1 aromatic carbocycles. The van der Waals surface area contributed by atoms with Crippen LogP contribution in [0, 0.1) is 5.92 Å². The minimum Gasteiger partial charge on any atom is -0.311 e. The summed E-state index contributed by atoms with van der Waals surface area (Å²) < 4.78 is 27.4. The molecule has 0 aromatic heterocycles. The fraction of sp³-hybridized carbons (Fsp3) is 0.500. The Morgan fingerprint density at radius 2 is 1.94 bits per heavy atom. The highest BCUT2D eigenvalue weighted by Crippen LogP contribution is 2.32. The van der Waals surface area contributed by atoms with Crippen molar-refractivity contribution in [3.8, 4) is 0 Å². The van der Waals surface area contributed by atoms with Crippen LogP contribution in [0.5, 0.6) is 0 Å². The second kappa shape index (κ2) is 5.60. The Kier molecular flexibility index (Phi) is 4.69. The van der Waals surface area contributed by atoms with Gasteiger partial charge in [0.25, 0.3) is 5.92 Å². The number of nitrogens with one attached hydrogen (secondary N) is 1. The zero-order valence-electron chi connectivity index (χ0n) is 9.43. The van der Waals surface area contributed by atoms with Gasteiger partial charge in [-0.25, -0.2) is 0 Å². The second-order valence-corrected chi connectivity index (χ2v) is 4.62. The van der Waals surface area contributed by atoms with E-state index in [0.29, 0.717) is 12.5 Å². The first-order valence-corrected chi connectivity index (χ1v) is 5.65. The minimum absolute atomic E-state index is 0.110. The Bertz CT molecular complexity index is 340. The van der Waals surface area contributed by atoms with E-state index >= 15 is 0 Å². The summed E-state index contributed by atoms with van der Waals surface area (Å²) in [5, 5.41) is 2.85. The van der Waals surface area contributed by atoms with E-state index in [0.717, 1.165) is 0 Å². The Labute approximate surface area is 99.8 Å². The van der Waals surface area contributed by atoms with Gasteiger partial charge >= 0.3 is 0 Å². The van der Waals surface area contributed by atoms with Gasteiger partial charge in [0.05, 0.1) is 6.54 Å². The molecule has 1 rings (SSSR count). The molecule has 16 heavy (non-hydrogen) atoms. The predicted octanol–water partition coefficient (Wildman–Crippen LogP) is 3.68. The normalized spacial score (nSPS) is 12.1. The van der Waals surface area contributed by atoms with Crippen LogP contribution in [0.3, 0.4) is 0 Å². The summed E-state index contributed by atoms with van der Waals surface area (Å²) in [6, 6.07) is 6.05. The van der Waals surface area contributed by atoms with Gasteiger partial charge in [-0.3, -0.25) is 0 Å². The third-order valence-corrected chi connectivity index (χ3v) is 2.50. The Morgan fingerprint density at radius 3 is 2.50 bits per heavy atom. The van der Waals surface area contributed by atoms with Crippen molar-refractivity contribution >= 4 is 11.6 Å². The molecule has 0 fully saturated rings. The molecule has 0 bridgehead atoms. The Balaban J connectivity index is 2.66. The van der Waals surface area contributed by atoms with Gasteiger partial charge in [-0.1, -0.05) is 43.6 Å². The van der Waals surface area contributed by atoms with Gasteiger partial charge < -0.3 is 5.32 Å². The van der Waals surface area contributed by atoms with E-state index in [9.17, 15) is 8.78 Å². The average molecular weight is 248 g/mol. The number of rotatable bonds is 5. The summed E-state index contributed by atoms with van der Waals surface area (Å²) in [6.07, 6.45) is 0. The maximum atomic E-state index is 13.7. The van der Waals surface area contributed by atoms with Crippen molar-refractivity contribution in [2.75, 3.05) is 13.1 Å². The van der Waals surface area contributed by atoms with E-state index in [1.807, 2.05) is 13.8 Å². The highest BCUT2D eigenvalue weighted by molar-refractivity contribution is 6.31. The van der Waals surface area contributed by atoms with Crippen LogP contribution in [0.25, 0.3) is 0 Å². The van der Waals surface area contributed by atoms with Crippen molar-refractivity contribution < 1.29 is 8.78 Å². The third kappa shape index (κ3) is 3.72. The van der Waals surface area contributed by atoms with E-state index in [2.05, 4.69) is 5.32 Å². The highest BCUT2D eigenvalue weighted by atomic mass is 35.5. The zero-order valence-corrected chi connectivity index (χ0v) is 10.2. The van der Waals surface area contributed by atoms with E-state index < -0.39 is 5.92 Å². The van der Waals surface area contributed by atoms with Crippen molar-refractivity contribution in [2.24, 2.45) is 5.92 Å². The lowest BCUT2D eigenvalue weighted by atomic mass is 10.1. The van der Waals surface area contributed by atoms with Gasteiger partial charge in [-0.15, -0.1) is 0 Å². The fourth-order valence-electron chi connectivity index (χ4n) is 1.37. The number of alkyl halides is 2. The summed E-state index contributed by atoms with van der Waals surface area (Å²) in [5.74, 6) is -2.57. The van der Waals surface area contributed by atoms with Crippen molar-refractivity contribution in [1.29, 1.82) is 0 Å². The molecule has 1 aromatic rings. The van der Waals surface area contributed by atoms with Crippen LogP contribution in [0.4, 0.5) is 8.78 Å². The standard InChI is InChI=1S/C12H16ClF2N/c1-9(2)7-16-8-12(14,15)10-5-3-4-6-11(10)13/h3-6,9,16H,7-8H2,1-2H3. The van der Waals surface area contributed by atoms with Gasteiger partial charge in [-0.2, -0.15) is 8.78 Å². The number of halogens is 3. The van der Waals surface area contributed by atoms with Crippen LogP contribution in [0.2, 0.25) is 5.02 Å². The van der Waals surface area contributed by atoms with Crippen LogP contribution in [0.1, 0.15) is 19.4 Å². The molecule has 1 N–H and O–H groups in total. The zero-order chi connectivity index (χ0) is 12.2. The molecule has 0 unspecified atom stereocenters. The van der Waals surface area contributed by atoms with Gasteiger partial charge in [0.2, 0.25) is 0 Å².